The van der Waals surface area contributed by atoms with Crippen molar-refractivity contribution in [2.75, 3.05) is 5.73 Å². The fourth-order valence-corrected chi connectivity index (χ4v) is 1.51. The first-order chi connectivity index (χ1) is 7.31. The normalized spacial score (nSPS) is 9.53. The Morgan fingerprint density at radius 1 is 1.00 bits per heavy atom. The molecule has 0 aliphatic carbocycles. The number of hydrogen-bond donors (Lipinski definition) is 1. The van der Waals surface area contributed by atoms with Crippen LogP contribution in [0, 0.1) is 11.3 Å². The summed E-state index contributed by atoms with van der Waals surface area (Å²) in [7, 11) is 0. The monoisotopic (exact) mass is 194 g/mol. The number of nitrogens with two attached hydrogens (primary N) is 1. The van der Waals surface area contributed by atoms with E-state index in [1.807, 2.05) is 36.4 Å². The Bertz CT molecular complexity index is 510. The third-order valence-electron chi connectivity index (χ3n) is 2.27. The predicted molar refractivity (Wildman–Crippen MR) is 61.0 cm³/mol. The molecule has 0 fully saturated rings. The van der Waals surface area contributed by atoms with Crippen molar-refractivity contribution in [3.63, 3.8) is 0 Å². The third kappa shape index (κ3) is 1.82. The van der Waals surface area contributed by atoms with Gasteiger partial charge in [0.25, 0.3) is 0 Å². The summed E-state index contributed by atoms with van der Waals surface area (Å²) >= 11 is 0. The van der Waals surface area contributed by atoms with E-state index >= 15 is 0 Å². The highest BCUT2D eigenvalue weighted by atomic mass is 14.6. The fourth-order valence-electron chi connectivity index (χ4n) is 1.51. The van der Waals surface area contributed by atoms with Gasteiger partial charge in [0.2, 0.25) is 0 Å². The second-order valence-electron chi connectivity index (χ2n) is 3.28. The van der Waals surface area contributed by atoms with E-state index in [0.717, 1.165) is 11.1 Å². The van der Waals surface area contributed by atoms with Gasteiger partial charge in [0.05, 0.1) is 11.6 Å². The minimum atomic E-state index is 0.590. The van der Waals surface area contributed by atoms with Gasteiger partial charge in [0.15, 0.2) is 0 Å². The molecular formula is C13H10N2. The molecule has 0 aliphatic rings. The maximum Gasteiger partial charge on any atom is 0.0992 e. The molecule has 0 aliphatic heterocycles. The van der Waals surface area contributed by atoms with Crippen LogP contribution in [0.4, 0.5) is 5.69 Å². The molecule has 15 heavy (non-hydrogen) atoms. The first kappa shape index (κ1) is 9.29. The first-order valence-corrected chi connectivity index (χ1v) is 4.66. The van der Waals surface area contributed by atoms with Crippen LogP contribution in [0.25, 0.3) is 11.1 Å². The van der Waals surface area contributed by atoms with E-state index in [0.29, 0.717) is 11.3 Å². The number of nitrogens with zero attached hydrogens (tertiary/aromatic N) is 1. The smallest absolute Gasteiger partial charge is 0.0992 e. The van der Waals surface area contributed by atoms with E-state index in [1.54, 1.807) is 12.1 Å². The van der Waals surface area contributed by atoms with Crippen LogP contribution in [0.5, 0.6) is 0 Å². The van der Waals surface area contributed by atoms with Gasteiger partial charge in [0, 0.05) is 11.3 Å². The van der Waals surface area contributed by atoms with E-state index in [4.69, 9.17) is 11.0 Å². The molecule has 0 amide bonds. The zero-order valence-corrected chi connectivity index (χ0v) is 8.14. The van der Waals surface area contributed by atoms with Crippen molar-refractivity contribution in [1.82, 2.24) is 0 Å². The molecule has 0 saturated heterocycles. The molecule has 0 heterocycles. The number of anilines is 1. The molecule has 0 saturated carbocycles. The van der Waals surface area contributed by atoms with E-state index in [9.17, 15) is 0 Å². The van der Waals surface area contributed by atoms with E-state index in [2.05, 4.69) is 6.07 Å². The molecule has 2 N–H and O–H groups in total. The molecule has 0 bridgehead atoms. The van der Waals surface area contributed by atoms with Crippen molar-refractivity contribution in [3.8, 4) is 17.2 Å². The molecule has 2 nitrogen and oxygen atoms in total. The van der Waals surface area contributed by atoms with E-state index in [-0.39, 0.29) is 0 Å². The van der Waals surface area contributed by atoms with Crippen LogP contribution in [-0.4, -0.2) is 0 Å². The lowest BCUT2D eigenvalue weighted by Gasteiger charge is -2.05. The lowest BCUT2D eigenvalue weighted by atomic mass is 10.0. The molecule has 2 rings (SSSR count). The summed E-state index contributed by atoms with van der Waals surface area (Å²) in [6, 6.07) is 17.3. The van der Waals surface area contributed by atoms with Crippen LogP contribution in [0.2, 0.25) is 0 Å². The van der Waals surface area contributed by atoms with Gasteiger partial charge in [0.1, 0.15) is 0 Å². The topological polar surface area (TPSA) is 49.8 Å². The van der Waals surface area contributed by atoms with Crippen molar-refractivity contribution >= 4 is 5.69 Å². The van der Waals surface area contributed by atoms with Gasteiger partial charge in [-0.3, -0.25) is 0 Å². The highest BCUT2D eigenvalue weighted by molar-refractivity contribution is 5.77. The van der Waals surface area contributed by atoms with E-state index < -0.39 is 0 Å². The predicted octanol–water partition coefficient (Wildman–Crippen LogP) is 2.81. The number of rotatable bonds is 1. The lowest BCUT2D eigenvalue weighted by molar-refractivity contribution is 1.48. The Balaban J connectivity index is 2.52. The third-order valence-corrected chi connectivity index (χ3v) is 2.27. The van der Waals surface area contributed by atoms with Gasteiger partial charge in [-0.05, 0) is 17.7 Å². The fraction of sp³-hybridized carbons (Fsp3) is 0. The van der Waals surface area contributed by atoms with Crippen LogP contribution >= 0.6 is 0 Å². The average Bonchev–Trinajstić information content (AvgIpc) is 2.30. The zero-order valence-electron chi connectivity index (χ0n) is 8.14. The quantitative estimate of drug-likeness (QED) is 0.709. The Morgan fingerprint density at radius 3 is 2.33 bits per heavy atom. The minimum absolute atomic E-state index is 0.590. The molecule has 0 spiro atoms. The van der Waals surface area contributed by atoms with Crippen LogP contribution in [-0.2, 0) is 0 Å². The summed E-state index contributed by atoms with van der Waals surface area (Å²) in [5.74, 6) is 0. The summed E-state index contributed by atoms with van der Waals surface area (Å²) in [5, 5.41) is 8.72. The summed E-state index contributed by atoms with van der Waals surface area (Å²) < 4.78 is 0. The van der Waals surface area contributed by atoms with Crippen molar-refractivity contribution in [2.24, 2.45) is 0 Å². The number of nitriles is 1. The number of benzene rings is 2. The van der Waals surface area contributed by atoms with Crippen LogP contribution in [0.3, 0.4) is 0 Å². The standard InChI is InChI=1S/C13H10N2/c14-9-10-6-7-12(13(15)8-10)11-4-2-1-3-5-11/h1-8H,15H2. The second kappa shape index (κ2) is 3.85. The van der Waals surface area contributed by atoms with Crippen LogP contribution in [0.1, 0.15) is 5.56 Å². The van der Waals surface area contributed by atoms with Crippen molar-refractivity contribution in [3.05, 3.63) is 54.1 Å². The highest BCUT2D eigenvalue weighted by Gasteiger charge is 2.02. The summed E-state index contributed by atoms with van der Waals surface area (Å²) in [6.07, 6.45) is 0. The molecule has 2 heteroatoms. The SMILES string of the molecule is N#Cc1ccc(-c2ccccc2)c(N)c1. The van der Waals surface area contributed by atoms with Crippen LogP contribution in [0.15, 0.2) is 48.5 Å². The summed E-state index contributed by atoms with van der Waals surface area (Å²) in [6.45, 7) is 0. The molecule has 2 aromatic rings. The van der Waals surface area contributed by atoms with Gasteiger partial charge in [-0.25, -0.2) is 0 Å². The Hall–Kier alpha value is -2.27. The first-order valence-electron chi connectivity index (χ1n) is 4.66. The van der Waals surface area contributed by atoms with Gasteiger partial charge in [-0.1, -0.05) is 36.4 Å². The maximum atomic E-state index is 8.72. The molecule has 0 aromatic heterocycles. The van der Waals surface area contributed by atoms with Crippen molar-refractivity contribution in [1.29, 1.82) is 5.26 Å². The molecular weight excluding hydrogens is 184 g/mol. The van der Waals surface area contributed by atoms with Gasteiger partial charge < -0.3 is 5.73 Å². The molecule has 2 aromatic carbocycles. The number of hydrogen-bond acceptors (Lipinski definition) is 2. The number of nitrogen functional groups attached to an aromatic ring is 1. The largest absolute Gasteiger partial charge is 0.398 e. The van der Waals surface area contributed by atoms with Gasteiger partial charge in [-0.15, -0.1) is 0 Å². The van der Waals surface area contributed by atoms with Crippen molar-refractivity contribution < 1.29 is 0 Å². The van der Waals surface area contributed by atoms with E-state index in [1.165, 1.54) is 0 Å². The molecule has 72 valence electrons. The zero-order chi connectivity index (χ0) is 10.7. The average molecular weight is 194 g/mol. The molecule has 0 atom stereocenters. The van der Waals surface area contributed by atoms with Crippen LogP contribution < -0.4 is 5.73 Å². The molecule has 0 unspecified atom stereocenters. The summed E-state index contributed by atoms with van der Waals surface area (Å²) in [4.78, 5) is 0. The lowest BCUT2D eigenvalue weighted by Crippen LogP contribution is -1.90. The second-order valence-corrected chi connectivity index (χ2v) is 3.28. The van der Waals surface area contributed by atoms with Crippen molar-refractivity contribution in [2.45, 2.75) is 0 Å². The molecule has 0 radical (unpaired) electrons. The maximum absolute atomic E-state index is 8.72. The highest BCUT2D eigenvalue weighted by Crippen LogP contribution is 2.26. The minimum Gasteiger partial charge on any atom is -0.398 e. The van der Waals surface area contributed by atoms with Gasteiger partial charge in [-0.2, -0.15) is 5.26 Å². The Labute approximate surface area is 88.6 Å². The summed E-state index contributed by atoms with van der Waals surface area (Å²) in [5.41, 5.74) is 9.14. The Kier molecular flexibility index (Phi) is 2.38. The Morgan fingerprint density at radius 2 is 1.73 bits per heavy atom. The van der Waals surface area contributed by atoms with Gasteiger partial charge >= 0.3 is 0 Å².